The molecule has 20 heavy (non-hydrogen) atoms. The molecule has 0 radical (unpaired) electrons. The molecule has 1 aromatic rings. The Balaban J connectivity index is 2.40. The molecular weight excluding hydrogens is 272 g/mol. The first-order chi connectivity index (χ1) is 9.24. The van der Waals surface area contributed by atoms with Gasteiger partial charge in [-0.05, 0) is 57.7 Å². The number of anilines is 1. The molecule has 0 saturated heterocycles. The highest BCUT2D eigenvalue weighted by atomic mass is 32.2. The Bertz CT molecular complexity index is 592. The monoisotopic (exact) mass is 296 g/mol. The largest absolute Gasteiger partial charge is 0.385 e. The van der Waals surface area contributed by atoms with Gasteiger partial charge in [-0.3, -0.25) is 0 Å². The van der Waals surface area contributed by atoms with Crippen LogP contribution in [0.15, 0.2) is 18.2 Å². The molecule has 0 amide bonds. The number of rotatable bonds is 4. The molecule has 1 aromatic carbocycles. The maximum Gasteiger partial charge on any atom is 0.214 e. The fourth-order valence-electron chi connectivity index (χ4n) is 2.62. The molecule has 0 unspecified atom stereocenters. The van der Waals surface area contributed by atoms with Crippen molar-refractivity contribution in [2.45, 2.75) is 51.3 Å². The van der Waals surface area contributed by atoms with E-state index in [0.717, 1.165) is 30.6 Å². The molecular formula is C15H24N2O2S. The number of benzene rings is 1. The summed E-state index contributed by atoms with van der Waals surface area (Å²) in [4.78, 5) is 0. The minimum Gasteiger partial charge on any atom is -0.385 e. The maximum absolute atomic E-state index is 12.2. The molecule has 0 bridgehead atoms. The lowest BCUT2D eigenvalue weighted by atomic mass is 9.87. The van der Waals surface area contributed by atoms with Crippen LogP contribution in [0.1, 0.15) is 45.2 Å². The Hall–Kier alpha value is -1.07. The first kappa shape index (κ1) is 15.3. The summed E-state index contributed by atoms with van der Waals surface area (Å²) in [5, 5.41) is 2.95. The van der Waals surface area contributed by atoms with Crippen LogP contribution < -0.4 is 10.0 Å². The highest BCUT2D eigenvalue weighted by molar-refractivity contribution is 7.90. The van der Waals surface area contributed by atoms with Gasteiger partial charge in [0.2, 0.25) is 10.0 Å². The molecule has 5 heteroatoms. The zero-order valence-electron chi connectivity index (χ0n) is 12.7. The van der Waals surface area contributed by atoms with Gasteiger partial charge in [-0.1, -0.05) is 12.1 Å². The van der Waals surface area contributed by atoms with Gasteiger partial charge in [0.05, 0.1) is 10.8 Å². The molecule has 0 aliphatic carbocycles. The van der Waals surface area contributed by atoms with Crippen molar-refractivity contribution >= 4 is 15.7 Å². The summed E-state index contributed by atoms with van der Waals surface area (Å²) in [5.41, 5.74) is 2.82. The van der Waals surface area contributed by atoms with Crippen LogP contribution in [-0.2, 0) is 22.0 Å². The molecule has 2 N–H and O–H groups in total. The molecule has 0 saturated carbocycles. The second-order valence-electron chi connectivity index (χ2n) is 6.18. The second-order valence-corrected chi connectivity index (χ2v) is 8.42. The van der Waals surface area contributed by atoms with Crippen molar-refractivity contribution in [3.05, 3.63) is 29.3 Å². The summed E-state index contributed by atoms with van der Waals surface area (Å²) in [6.45, 7) is 8.23. The van der Waals surface area contributed by atoms with Crippen LogP contribution in [0.4, 0.5) is 5.69 Å². The van der Waals surface area contributed by atoms with E-state index >= 15 is 0 Å². The average Bonchev–Trinajstić information content (AvgIpc) is 2.36. The molecule has 1 aliphatic heterocycles. The Kier molecular flexibility index (Phi) is 4.12. The van der Waals surface area contributed by atoms with Crippen LogP contribution in [0.5, 0.6) is 0 Å². The lowest BCUT2D eigenvalue weighted by Crippen LogP contribution is -2.44. The zero-order chi connectivity index (χ0) is 15.0. The zero-order valence-corrected chi connectivity index (χ0v) is 13.5. The van der Waals surface area contributed by atoms with E-state index < -0.39 is 20.8 Å². The topological polar surface area (TPSA) is 58.2 Å². The van der Waals surface area contributed by atoms with E-state index in [1.54, 1.807) is 13.8 Å². The lowest BCUT2D eigenvalue weighted by Gasteiger charge is -2.32. The smallest absolute Gasteiger partial charge is 0.214 e. The first-order valence-corrected chi connectivity index (χ1v) is 8.68. The highest BCUT2D eigenvalue weighted by Crippen LogP contribution is 2.32. The third-order valence-corrected chi connectivity index (χ3v) is 5.82. The molecule has 0 atom stereocenters. The summed E-state index contributed by atoms with van der Waals surface area (Å²) in [6.07, 6.45) is 2.07. The Labute approximate surface area is 122 Å². The molecule has 2 rings (SSSR count). The third kappa shape index (κ3) is 2.99. The summed E-state index contributed by atoms with van der Waals surface area (Å²) in [6, 6.07) is 6.07. The molecule has 1 heterocycles. The first-order valence-electron chi connectivity index (χ1n) is 7.13. The van der Waals surface area contributed by atoms with Crippen molar-refractivity contribution in [1.82, 2.24) is 4.72 Å². The Morgan fingerprint density at radius 3 is 2.65 bits per heavy atom. The van der Waals surface area contributed by atoms with Crippen molar-refractivity contribution in [2.24, 2.45) is 0 Å². The van der Waals surface area contributed by atoms with Crippen LogP contribution in [0.3, 0.4) is 0 Å². The lowest BCUT2D eigenvalue weighted by molar-refractivity contribution is 0.464. The number of hydrogen-bond donors (Lipinski definition) is 2. The van der Waals surface area contributed by atoms with Crippen molar-refractivity contribution in [2.75, 3.05) is 11.9 Å². The molecule has 4 nitrogen and oxygen atoms in total. The van der Waals surface area contributed by atoms with Gasteiger partial charge in [-0.2, -0.15) is 0 Å². The minimum atomic E-state index is -3.30. The second kappa shape index (κ2) is 5.37. The van der Waals surface area contributed by atoms with Crippen molar-refractivity contribution in [3.8, 4) is 0 Å². The standard InChI is InChI=1S/C15H24N2O2S/c1-11(2)20(18,19)17-15(3,4)13-8-5-9-14-12(13)7-6-10-16-14/h5,8-9,11,16-17H,6-7,10H2,1-4H3. The van der Waals surface area contributed by atoms with Crippen LogP contribution in [0, 0.1) is 0 Å². The van der Waals surface area contributed by atoms with Gasteiger partial charge in [-0.25, -0.2) is 13.1 Å². The maximum atomic E-state index is 12.2. The summed E-state index contributed by atoms with van der Waals surface area (Å²) in [5.74, 6) is 0. The van der Waals surface area contributed by atoms with Crippen molar-refractivity contribution in [3.63, 3.8) is 0 Å². The van der Waals surface area contributed by atoms with E-state index in [1.165, 1.54) is 5.56 Å². The molecule has 0 fully saturated rings. The van der Waals surface area contributed by atoms with E-state index in [0.29, 0.717) is 0 Å². The number of hydrogen-bond acceptors (Lipinski definition) is 3. The van der Waals surface area contributed by atoms with Crippen LogP contribution in [0.25, 0.3) is 0 Å². The third-order valence-electron chi connectivity index (χ3n) is 3.79. The van der Waals surface area contributed by atoms with E-state index in [-0.39, 0.29) is 0 Å². The number of fused-ring (bicyclic) bond motifs is 1. The normalized spacial score (nSPS) is 15.8. The number of sulfonamides is 1. The minimum absolute atomic E-state index is 0.431. The van der Waals surface area contributed by atoms with Gasteiger partial charge >= 0.3 is 0 Å². The fourth-order valence-corrected chi connectivity index (χ4v) is 3.68. The van der Waals surface area contributed by atoms with E-state index in [1.807, 2.05) is 26.0 Å². The van der Waals surface area contributed by atoms with E-state index in [9.17, 15) is 8.42 Å². The van der Waals surface area contributed by atoms with Gasteiger partial charge in [0, 0.05) is 12.2 Å². The SMILES string of the molecule is CC(C)S(=O)(=O)NC(C)(C)c1cccc2c1CCCN2. The van der Waals surface area contributed by atoms with Crippen LogP contribution in [-0.4, -0.2) is 20.2 Å². The van der Waals surface area contributed by atoms with Gasteiger partial charge in [0.1, 0.15) is 0 Å². The molecule has 112 valence electrons. The summed E-state index contributed by atoms with van der Waals surface area (Å²) in [7, 11) is -3.30. The molecule has 0 aromatic heterocycles. The summed E-state index contributed by atoms with van der Waals surface area (Å²) >= 11 is 0. The number of nitrogens with one attached hydrogen (secondary N) is 2. The van der Waals surface area contributed by atoms with Crippen molar-refractivity contribution in [1.29, 1.82) is 0 Å². The summed E-state index contributed by atoms with van der Waals surface area (Å²) < 4.78 is 27.2. The predicted molar refractivity (Wildman–Crippen MR) is 83.5 cm³/mol. The van der Waals surface area contributed by atoms with Gasteiger partial charge in [0.25, 0.3) is 0 Å². The quantitative estimate of drug-likeness (QED) is 0.898. The Morgan fingerprint density at radius 1 is 1.30 bits per heavy atom. The Morgan fingerprint density at radius 2 is 2.00 bits per heavy atom. The average molecular weight is 296 g/mol. The van der Waals surface area contributed by atoms with Crippen molar-refractivity contribution < 1.29 is 8.42 Å². The van der Waals surface area contributed by atoms with Crippen LogP contribution in [0.2, 0.25) is 0 Å². The molecule has 1 aliphatic rings. The highest BCUT2D eigenvalue weighted by Gasteiger charge is 2.31. The van der Waals surface area contributed by atoms with Gasteiger partial charge in [-0.15, -0.1) is 0 Å². The predicted octanol–water partition coefficient (Wildman–Crippen LogP) is 2.61. The fraction of sp³-hybridized carbons (Fsp3) is 0.600. The van der Waals surface area contributed by atoms with Gasteiger partial charge < -0.3 is 5.32 Å². The van der Waals surface area contributed by atoms with Gasteiger partial charge in [0.15, 0.2) is 0 Å². The van der Waals surface area contributed by atoms with E-state index in [4.69, 9.17) is 0 Å². The van der Waals surface area contributed by atoms with E-state index in [2.05, 4.69) is 16.1 Å². The molecule has 0 spiro atoms. The van der Waals surface area contributed by atoms with Crippen LogP contribution >= 0.6 is 0 Å².